The van der Waals surface area contributed by atoms with Gasteiger partial charge in [0.15, 0.2) is 0 Å². The standard InChI is InChI=1S/C18H19NOS/c1-19-11-9-17(15-10-12-21-13-15)20-18-8-4-6-14-5-2-3-7-16(14)18/h2-8,10,12-13,17,19H,9,11H2,1H3/t17-/m0/s1. The molecule has 3 rings (SSSR count). The zero-order valence-corrected chi connectivity index (χ0v) is 12.9. The highest BCUT2D eigenvalue weighted by molar-refractivity contribution is 7.07. The maximum atomic E-state index is 6.34. The van der Waals surface area contributed by atoms with E-state index in [-0.39, 0.29) is 6.10 Å². The van der Waals surface area contributed by atoms with E-state index in [1.54, 1.807) is 11.3 Å². The van der Waals surface area contributed by atoms with Crippen molar-refractivity contribution in [3.63, 3.8) is 0 Å². The fourth-order valence-corrected chi connectivity index (χ4v) is 3.18. The molecule has 0 unspecified atom stereocenters. The van der Waals surface area contributed by atoms with Gasteiger partial charge in [-0.25, -0.2) is 0 Å². The van der Waals surface area contributed by atoms with Crippen molar-refractivity contribution < 1.29 is 4.74 Å². The van der Waals surface area contributed by atoms with Gasteiger partial charge in [-0.1, -0.05) is 36.4 Å². The Bertz CT molecular complexity index is 688. The minimum atomic E-state index is 0.0921. The molecule has 3 aromatic rings. The lowest BCUT2D eigenvalue weighted by molar-refractivity contribution is 0.198. The lowest BCUT2D eigenvalue weighted by Gasteiger charge is -2.19. The average molecular weight is 297 g/mol. The number of ether oxygens (including phenoxy) is 1. The predicted octanol–water partition coefficient (Wildman–Crippen LogP) is 4.63. The molecule has 1 atom stereocenters. The molecule has 2 nitrogen and oxygen atoms in total. The van der Waals surface area contributed by atoms with Gasteiger partial charge in [0.25, 0.3) is 0 Å². The highest BCUT2D eigenvalue weighted by Gasteiger charge is 2.14. The summed E-state index contributed by atoms with van der Waals surface area (Å²) < 4.78 is 6.34. The molecular weight excluding hydrogens is 278 g/mol. The summed E-state index contributed by atoms with van der Waals surface area (Å²) in [6, 6.07) is 16.7. The van der Waals surface area contributed by atoms with Crippen molar-refractivity contribution in [2.75, 3.05) is 13.6 Å². The number of benzene rings is 2. The summed E-state index contributed by atoms with van der Waals surface area (Å²) in [6.07, 6.45) is 1.05. The normalized spacial score (nSPS) is 12.4. The summed E-state index contributed by atoms with van der Waals surface area (Å²) in [5, 5.41) is 9.87. The molecular formula is C18H19NOS. The SMILES string of the molecule is CNCC[C@H](Oc1cccc2ccccc12)c1ccsc1. The molecule has 0 bridgehead atoms. The third-order valence-corrected chi connectivity index (χ3v) is 4.29. The van der Waals surface area contributed by atoms with Crippen molar-refractivity contribution >= 4 is 22.1 Å². The Morgan fingerprint density at radius 2 is 1.95 bits per heavy atom. The van der Waals surface area contributed by atoms with Crippen LogP contribution < -0.4 is 10.1 Å². The Balaban J connectivity index is 1.90. The van der Waals surface area contributed by atoms with E-state index in [2.05, 4.69) is 64.6 Å². The molecule has 2 aromatic carbocycles. The maximum Gasteiger partial charge on any atom is 0.128 e. The number of hydrogen-bond donors (Lipinski definition) is 1. The number of fused-ring (bicyclic) bond motifs is 1. The first kappa shape index (κ1) is 14.1. The second-order valence-corrected chi connectivity index (χ2v) is 5.81. The van der Waals surface area contributed by atoms with Gasteiger partial charge in [0.1, 0.15) is 11.9 Å². The van der Waals surface area contributed by atoms with Crippen molar-refractivity contribution in [1.29, 1.82) is 0 Å². The van der Waals surface area contributed by atoms with Crippen LogP contribution >= 0.6 is 11.3 Å². The topological polar surface area (TPSA) is 21.3 Å². The van der Waals surface area contributed by atoms with E-state index in [9.17, 15) is 0 Å². The first-order valence-corrected chi connectivity index (χ1v) is 8.14. The van der Waals surface area contributed by atoms with Crippen LogP contribution in [0.1, 0.15) is 18.1 Å². The van der Waals surface area contributed by atoms with E-state index < -0.39 is 0 Å². The highest BCUT2D eigenvalue weighted by Crippen LogP contribution is 2.31. The van der Waals surface area contributed by atoms with Crippen LogP contribution in [0.5, 0.6) is 5.75 Å². The summed E-state index contributed by atoms with van der Waals surface area (Å²) in [6.45, 7) is 0.936. The Kier molecular flexibility index (Phi) is 4.53. The second-order valence-electron chi connectivity index (χ2n) is 5.03. The molecule has 1 heterocycles. The molecule has 0 aliphatic carbocycles. The van der Waals surface area contributed by atoms with Crippen LogP contribution in [-0.4, -0.2) is 13.6 Å². The van der Waals surface area contributed by atoms with E-state index in [1.165, 1.54) is 16.3 Å². The third kappa shape index (κ3) is 3.26. The van der Waals surface area contributed by atoms with Gasteiger partial charge in [0.2, 0.25) is 0 Å². The van der Waals surface area contributed by atoms with Crippen LogP contribution in [0.25, 0.3) is 10.8 Å². The number of nitrogens with one attached hydrogen (secondary N) is 1. The van der Waals surface area contributed by atoms with Crippen molar-refractivity contribution in [2.45, 2.75) is 12.5 Å². The Labute approximate surface area is 129 Å². The van der Waals surface area contributed by atoms with Gasteiger partial charge < -0.3 is 10.1 Å². The molecule has 0 radical (unpaired) electrons. The number of rotatable bonds is 6. The van der Waals surface area contributed by atoms with E-state index >= 15 is 0 Å². The Morgan fingerprint density at radius 3 is 2.76 bits per heavy atom. The minimum Gasteiger partial charge on any atom is -0.485 e. The quantitative estimate of drug-likeness (QED) is 0.716. The lowest BCUT2D eigenvalue weighted by Crippen LogP contribution is -2.16. The van der Waals surface area contributed by atoms with Crippen molar-refractivity contribution in [1.82, 2.24) is 5.32 Å². The summed E-state index contributed by atoms with van der Waals surface area (Å²) in [4.78, 5) is 0. The first-order chi connectivity index (χ1) is 10.4. The molecule has 3 heteroatoms. The molecule has 0 fully saturated rings. The fourth-order valence-electron chi connectivity index (χ4n) is 2.48. The molecule has 1 aromatic heterocycles. The van der Waals surface area contributed by atoms with Gasteiger partial charge in [-0.2, -0.15) is 11.3 Å². The molecule has 0 amide bonds. The van der Waals surface area contributed by atoms with Crippen molar-refractivity contribution in [3.8, 4) is 5.75 Å². The van der Waals surface area contributed by atoms with Gasteiger partial charge in [-0.3, -0.25) is 0 Å². The highest BCUT2D eigenvalue weighted by atomic mass is 32.1. The van der Waals surface area contributed by atoms with E-state index in [1.807, 2.05) is 7.05 Å². The van der Waals surface area contributed by atoms with Crippen LogP contribution in [0.2, 0.25) is 0 Å². The molecule has 21 heavy (non-hydrogen) atoms. The van der Waals surface area contributed by atoms with Gasteiger partial charge in [-0.05, 0) is 41.9 Å². The summed E-state index contributed by atoms with van der Waals surface area (Å²) in [7, 11) is 1.97. The molecule has 0 spiro atoms. The fraction of sp³-hybridized carbons (Fsp3) is 0.222. The van der Waals surface area contributed by atoms with Gasteiger partial charge in [0.05, 0.1) is 0 Å². The van der Waals surface area contributed by atoms with Crippen molar-refractivity contribution in [3.05, 3.63) is 64.9 Å². The third-order valence-electron chi connectivity index (χ3n) is 3.59. The van der Waals surface area contributed by atoms with Crippen molar-refractivity contribution in [2.24, 2.45) is 0 Å². The minimum absolute atomic E-state index is 0.0921. The van der Waals surface area contributed by atoms with Gasteiger partial charge in [0, 0.05) is 17.4 Å². The Hall–Kier alpha value is -1.84. The molecule has 1 N–H and O–H groups in total. The molecule has 0 saturated heterocycles. The number of hydrogen-bond acceptors (Lipinski definition) is 3. The Morgan fingerprint density at radius 1 is 1.10 bits per heavy atom. The molecule has 108 valence electrons. The van der Waals surface area contributed by atoms with E-state index in [0.717, 1.165) is 18.7 Å². The van der Waals surface area contributed by atoms with Crippen LogP contribution in [0.15, 0.2) is 59.3 Å². The molecule has 0 aliphatic heterocycles. The van der Waals surface area contributed by atoms with E-state index in [0.29, 0.717) is 0 Å². The monoisotopic (exact) mass is 297 g/mol. The van der Waals surface area contributed by atoms with Crippen LogP contribution in [0.4, 0.5) is 0 Å². The van der Waals surface area contributed by atoms with Gasteiger partial charge >= 0.3 is 0 Å². The first-order valence-electron chi connectivity index (χ1n) is 7.19. The lowest BCUT2D eigenvalue weighted by atomic mass is 10.1. The number of thiophene rings is 1. The maximum absolute atomic E-state index is 6.34. The largest absolute Gasteiger partial charge is 0.485 e. The molecule has 0 aliphatic rings. The second kappa shape index (κ2) is 6.74. The van der Waals surface area contributed by atoms with Crippen LogP contribution in [0, 0.1) is 0 Å². The summed E-state index contributed by atoms with van der Waals surface area (Å²) in [5.74, 6) is 0.959. The molecule has 0 saturated carbocycles. The van der Waals surface area contributed by atoms with Crippen LogP contribution in [0.3, 0.4) is 0 Å². The predicted molar refractivity (Wildman–Crippen MR) is 90.2 cm³/mol. The zero-order chi connectivity index (χ0) is 14.5. The zero-order valence-electron chi connectivity index (χ0n) is 12.1. The smallest absolute Gasteiger partial charge is 0.128 e. The van der Waals surface area contributed by atoms with E-state index in [4.69, 9.17) is 4.74 Å². The van der Waals surface area contributed by atoms with Gasteiger partial charge in [-0.15, -0.1) is 0 Å². The van der Waals surface area contributed by atoms with Crippen LogP contribution in [-0.2, 0) is 0 Å². The summed E-state index contributed by atoms with van der Waals surface area (Å²) in [5.41, 5.74) is 1.25. The average Bonchev–Trinajstić information content (AvgIpc) is 3.06. The summed E-state index contributed by atoms with van der Waals surface area (Å²) >= 11 is 1.72.